The van der Waals surface area contributed by atoms with E-state index in [-0.39, 0.29) is 29.5 Å². The van der Waals surface area contributed by atoms with Crippen molar-refractivity contribution in [3.05, 3.63) is 88.4 Å². The Balaban J connectivity index is 1.43. The monoisotopic (exact) mass is 505 g/mol. The van der Waals surface area contributed by atoms with Crippen molar-refractivity contribution >= 4 is 23.7 Å². The minimum atomic E-state index is -4.96. The molecule has 0 aliphatic heterocycles. The van der Waals surface area contributed by atoms with E-state index in [1.165, 1.54) is 6.07 Å². The predicted molar refractivity (Wildman–Crippen MR) is 121 cm³/mol. The van der Waals surface area contributed by atoms with Gasteiger partial charge in [0.15, 0.2) is 0 Å². The van der Waals surface area contributed by atoms with Gasteiger partial charge in [-0.25, -0.2) is 9.59 Å². The van der Waals surface area contributed by atoms with Gasteiger partial charge in [-0.1, -0.05) is 66.2 Å². The van der Waals surface area contributed by atoms with Crippen LogP contribution in [-0.2, 0) is 16.0 Å². The Bertz CT molecular complexity index is 1220. The van der Waals surface area contributed by atoms with E-state index in [0.29, 0.717) is 0 Å². The maximum Gasteiger partial charge on any atom is 0.573 e. The second kappa shape index (κ2) is 9.87. The van der Waals surface area contributed by atoms with Crippen LogP contribution in [0.1, 0.15) is 22.6 Å². The van der Waals surface area contributed by atoms with E-state index in [1.807, 2.05) is 48.5 Å². The third kappa shape index (κ3) is 5.68. The minimum Gasteiger partial charge on any atom is -0.480 e. The Morgan fingerprint density at radius 2 is 1.60 bits per heavy atom. The second-order valence-corrected chi connectivity index (χ2v) is 8.28. The summed E-state index contributed by atoms with van der Waals surface area (Å²) >= 11 is 5.73. The number of carbonyl (C=O) groups is 2. The number of carbonyl (C=O) groups excluding carboxylic acids is 1. The molecule has 35 heavy (non-hydrogen) atoms. The van der Waals surface area contributed by atoms with Crippen molar-refractivity contribution in [2.24, 2.45) is 0 Å². The van der Waals surface area contributed by atoms with Crippen molar-refractivity contribution in [1.82, 2.24) is 5.32 Å². The Kier molecular flexibility index (Phi) is 6.88. The third-order valence-corrected chi connectivity index (χ3v) is 5.91. The van der Waals surface area contributed by atoms with Crippen LogP contribution >= 0.6 is 11.6 Å². The van der Waals surface area contributed by atoms with E-state index >= 15 is 0 Å². The molecule has 182 valence electrons. The van der Waals surface area contributed by atoms with Gasteiger partial charge in [-0.2, -0.15) is 0 Å². The molecule has 4 rings (SSSR count). The van der Waals surface area contributed by atoms with Crippen LogP contribution in [0.3, 0.4) is 0 Å². The second-order valence-electron chi connectivity index (χ2n) is 7.88. The fraction of sp³-hybridized carbons (Fsp3) is 0.200. The molecular weight excluding hydrogens is 487 g/mol. The number of rotatable bonds is 7. The molecule has 0 unspecified atom stereocenters. The number of benzene rings is 3. The van der Waals surface area contributed by atoms with Gasteiger partial charge in [-0.15, -0.1) is 13.2 Å². The van der Waals surface area contributed by atoms with Crippen LogP contribution in [-0.4, -0.2) is 36.2 Å². The van der Waals surface area contributed by atoms with E-state index in [2.05, 4.69) is 10.1 Å². The summed E-state index contributed by atoms with van der Waals surface area (Å²) in [5, 5.41) is 11.5. The molecule has 0 radical (unpaired) electrons. The number of amides is 1. The van der Waals surface area contributed by atoms with Crippen LogP contribution in [0, 0.1) is 0 Å². The molecule has 10 heteroatoms. The van der Waals surface area contributed by atoms with Crippen molar-refractivity contribution in [2.45, 2.75) is 24.7 Å². The summed E-state index contributed by atoms with van der Waals surface area (Å²) in [7, 11) is 0. The van der Waals surface area contributed by atoms with E-state index in [9.17, 15) is 27.9 Å². The number of halogens is 4. The van der Waals surface area contributed by atoms with Crippen molar-refractivity contribution < 1.29 is 37.3 Å². The fourth-order valence-corrected chi connectivity index (χ4v) is 4.25. The highest BCUT2D eigenvalue weighted by Crippen LogP contribution is 2.44. The van der Waals surface area contributed by atoms with Gasteiger partial charge in [-0.3, -0.25) is 0 Å². The number of ether oxygens (including phenoxy) is 2. The van der Waals surface area contributed by atoms with Crippen LogP contribution in [0.15, 0.2) is 66.7 Å². The Hall–Kier alpha value is -3.72. The molecule has 0 aromatic heterocycles. The SMILES string of the molecule is O=C(N[C@@H](Cc1ccc(Cl)c(OC(F)(F)F)c1)C(=O)O)OCC1c2ccccc2-c2ccccc21. The summed E-state index contributed by atoms with van der Waals surface area (Å²) in [6.45, 7) is -0.0171. The van der Waals surface area contributed by atoms with Crippen LogP contribution in [0.4, 0.5) is 18.0 Å². The first-order valence-electron chi connectivity index (χ1n) is 10.5. The van der Waals surface area contributed by atoms with Gasteiger partial charge in [-0.05, 0) is 39.9 Å². The maximum atomic E-state index is 12.6. The Morgan fingerprint density at radius 3 is 2.17 bits per heavy atom. The lowest BCUT2D eigenvalue weighted by atomic mass is 9.98. The number of carboxylic acids is 1. The molecule has 1 atom stereocenters. The van der Waals surface area contributed by atoms with Gasteiger partial charge in [0.2, 0.25) is 0 Å². The molecule has 0 bridgehead atoms. The van der Waals surface area contributed by atoms with Gasteiger partial charge < -0.3 is 19.9 Å². The van der Waals surface area contributed by atoms with Crippen molar-refractivity contribution in [3.8, 4) is 16.9 Å². The minimum absolute atomic E-state index is 0.0171. The molecule has 0 heterocycles. The molecule has 0 fully saturated rings. The first-order valence-corrected chi connectivity index (χ1v) is 10.9. The van der Waals surface area contributed by atoms with E-state index in [1.54, 1.807) is 0 Å². The van der Waals surface area contributed by atoms with E-state index < -0.39 is 30.2 Å². The van der Waals surface area contributed by atoms with E-state index in [0.717, 1.165) is 34.4 Å². The van der Waals surface area contributed by atoms with Crippen molar-refractivity contribution in [3.63, 3.8) is 0 Å². The fourth-order valence-electron chi connectivity index (χ4n) is 4.10. The standard InChI is InChI=1S/C25H19ClF3NO5/c26-20-10-9-14(12-22(20)35-25(27,28)29)11-21(23(31)32)30-24(33)34-13-19-17-7-3-1-5-15(17)16-6-2-4-8-18(16)19/h1-10,12,19,21H,11,13H2,(H,30,33)(H,31,32)/t21-/m0/s1. The average Bonchev–Trinajstić information content (AvgIpc) is 3.12. The van der Waals surface area contributed by atoms with Crippen LogP contribution < -0.4 is 10.1 Å². The van der Waals surface area contributed by atoms with Gasteiger partial charge in [0.1, 0.15) is 18.4 Å². The number of carboxylic acid groups (broad SMARTS) is 1. The number of alkyl halides is 3. The normalized spacial score (nSPS) is 13.5. The summed E-state index contributed by atoms with van der Waals surface area (Å²) in [4.78, 5) is 24.1. The molecule has 0 saturated carbocycles. The molecule has 1 amide bonds. The zero-order valence-electron chi connectivity index (χ0n) is 18.0. The molecule has 0 saturated heterocycles. The van der Waals surface area contributed by atoms with Gasteiger partial charge in [0.05, 0.1) is 5.02 Å². The van der Waals surface area contributed by atoms with Crippen LogP contribution in [0.25, 0.3) is 11.1 Å². The van der Waals surface area contributed by atoms with Gasteiger partial charge in [0.25, 0.3) is 0 Å². The zero-order chi connectivity index (χ0) is 25.2. The largest absolute Gasteiger partial charge is 0.573 e. The molecule has 1 aliphatic rings. The zero-order valence-corrected chi connectivity index (χ0v) is 18.8. The topological polar surface area (TPSA) is 84.9 Å². The number of hydrogen-bond donors (Lipinski definition) is 2. The lowest BCUT2D eigenvalue weighted by molar-refractivity contribution is -0.274. The van der Waals surface area contributed by atoms with Crippen LogP contribution in [0.5, 0.6) is 5.75 Å². The first kappa shape index (κ1) is 24.4. The molecule has 2 N–H and O–H groups in total. The predicted octanol–water partition coefficient (Wildman–Crippen LogP) is 5.77. The summed E-state index contributed by atoms with van der Waals surface area (Å²) in [5.74, 6) is -2.26. The molecule has 0 spiro atoms. The molecular formula is C25H19ClF3NO5. The number of aliphatic carboxylic acids is 1. The average molecular weight is 506 g/mol. The summed E-state index contributed by atoms with van der Waals surface area (Å²) in [5.41, 5.74) is 4.24. The number of fused-ring (bicyclic) bond motifs is 3. The number of hydrogen-bond acceptors (Lipinski definition) is 4. The lowest BCUT2D eigenvalue weighted by Crippen LogP contribution is -2.42. The van der Waals surface area contributed by atoms with Gasteiger partial charge >= 0.3 is 18.4 Å². The first-order chi connectivity index (χ1) is 16.6. The molecule has 3 aromatic rings. The highest BCUT2D eigenvalue weighted by atomic mass is 35.5. The summed E-state index contributed by atoms with van der Waals surface area (Å²) in [6, 6.07) is 17.5. The highest BCUT2D eigenvalue weighted by Gasteiger charge is 2.33. The number of alkyl carbamates (subject to hydrolysis) is 1. The van der Waals surface area contributed by atoms with Crippen molar-refractivity contribution in [2.75, 3.05) is 6.61 Å². The summed E-state index contributed by atoms with van der Waals surface area (Å²) < 4.78 is 46.9. The maximum absolute atomic E-state index is 12.6. The Labute approximate surface area is 203 Å². The molecule has 6 nitrogen and oxygen atoms in total. The van der Waals surface area contributed by atoms with Crippen molar-refractivity contribution in [1.29, 1.82) is 0 Å². The van der Waals surface area contributed by atoms with E-state index in [4.69, 9.17) is 16.3 Å². The molecule has 1 aliphatic carbocycles. The van der Waals surface area contributed by atoms with Gasteiger partial charge in [0, 0.05) is 12.3 Å². The number of nitrogens with one attached hydrogen (secondary N) is 1. The quantitative estimate of drug-likeness (QED) is 0.425. The smallest absolute Gasteiger partial charge is 0.480 e. The summed E-state index contributed by atoms with van der Waals surface area (Å²) in [6.07, 6.45) is -6.24. The third-order valence-electron chi connectivity index (χ3n) is 5.59. The van der Waals surface area contributed by atoms with Crippen LogP contribution in [0.2, 0.25) is 5.02 Å². The Morgan fingerprint density at radius 1 is 1.00 bits per heavy atom. The highest BCUT2D eigenvalue weighted by molar-refractivity contribution is 6.32. The molecule has 3 aromatic carbocycles. The lowest BCUT2D eigenvalue weighted by Gasteiger charge is -2.18.